The predicted molar refractivity (Wildman–Crippen MR) is 51.8 cm³/mol. The Morgan fingerprint density at radius 2 is 1.83 bits per heavy atom. The molecule has 0 aliphatic carbocycles. The van der Waals surface area contributed by atoms with Crippen LogP contribution in [0.15, 0.2) is 5.11 Å². The first kappa shape index (κ1) is 11.3. The molecule has 0 heterocycles. The summed E-state index contributed by atoms with van der Waals surface area (Å²) < 4.78 is 0. The minimum atomic E-state index is 0.171. The molecule has 0 spiro atoms. The van der Waals surface area contributed by atoms with Gasteiger partial charge in [-0.25, -0.2) is 0 Å². The highest BCUT2D eigenvalue weighted by atomic mass is 15.1. The molecule has 0 amide bonds. The van der Waals surface area contributed by atoms with Gasteiger partial charge in [-0.15, -0.1) is 0 Å². The minimum Gasteiger partial charge on any atom is -0.0903 e. The highest BCUT2D eigenvalue weighted by Gasteiger charge is 2.18. The fourth-order valence-electron chi connectivity index (χ4n) is 1.38. The Balaban J connectivity index is 4.19. The molecule has 0 aromatic rings. The van der Waals surface area contributed by atoms with E-state index in [1.54, 1.807) is 0 Å². The number of rotatable bonds is 5. The maximum absolute atomic E-state index is 8.33. The lowest BCUT2D eigenvalue weighted by molar-refractivity contribution is 0.311. The predicted octanol–water partition coefficient (Wildman–Crippen LogP) is 3.76. The summed E-state index contributed by atoms with van der Waals surface area (Å²) in [5.74, 6) is 1.14. The molecule has 0 fully saturated rings. The molecule has 70 valence electrons. The number of nitrogens with zero attached hydrogens (tertiary/aromatic N) is 3. The molecule has 0 radical (unpaired) electrons. The monoisotopic (exact) mass is 169 g/mol. The van der Waals surface area contributed by atoms with Gasteiger partial charge < -0.3 is 0 Å². The average molecular weight is 169 g/mol. The van der Waals surface area contributed by atoms with Gasteiger partial charge in [-0.1, -0.05) is 39.2 Å². The van der Waals surface area contributed by atoms with Crippen LogP contribution >= 0.6 is 0 Å². The highest BCUT2D eigenvalue weighted by molar-refractivity contribution is 4.75. The summed E-state index contributed by atoms with van der Waals surface area (Å²) >= 11 is 0. The van der Waals surface area contributed by atoms with Crippen LogP contribution in [0.1, 0.15) is 40.5 Å². The standard InChI is InChI=1S/C9H19N3/c1-5-7(3)8(4)9(6-2)11-12-10/h7-9H,5-6H2,1-4H3. The quantitative estimate of drug-likeness (QED) is 0.342. The first-order chi connectivity index (χ1) is 5.67. The SMILES string of the molecule is CCC(C)C(C)C(CC)N=[N+]=[N-]. The van der Waals surface area contributed by atoms with Crippen LogP contribution in [-0.2, 0) is 0 Å². The number of hydrogen-bond donors (Lipinski definition) is 0. The van der Waals surface area contributed by atoms with E-state index in [1.165, 1.54) is 0 Å². The summed E-state index contributed by atoms with van der Waals surface area (Å²) in [4.78, 5) is 2.87. The molecule has 12 heavy (non-hydrogen) atoms. The molecular weight excluding hydrogens is 150 g/mol. The van der Waals surface area contributed by atoms with Gasteiger partial charge in [0, 0.05) is 11.0 Å². The van der Waals surface area contributed by atoms with Crippen molar-refractivity contribution < 1.29 is 0 Å². The van der Waals surface area contributed by atoms with Gasteiger partial charge in [-0.05, 0) is 23.8 Å². The maximum Gasteiger partial charge on any atom is 0.0399 e. The van der Waals surface area contributed by atoms with E-state index in [0.29, 0.717) is 11.8 Å². The Morgan fingerprint density at radius 3 is 2.17 bits per heavy atom. The Kier molecular flexibility index (Phi) is 5.56. The molecule has 0 rings (SSSR count). The lowest BCUT2D eigenvalue weighted by Crippen LogP contribution is -2.20. The zero-order chi connectivity index (χ0) is 9.56. The molecule has 0 aromatic carbocycles. The Hall–Kier alpha value is -0.690. The smallest absolute Gasteiger partial charge is 0.0399 e. The van der Waals surface area contributed by atoms with E-state index in [1.807, 2.05) is 0 Å². The van der Waals surface area contributed by atoms with Gasteiger partial charge in [-0.3, -0.25) is 0 Å². The Bertz CT molecular complexity index is 161. The molecule has 3 heteroatoms. The normalized spacial score (nSPS) is 17.7. The van der Waals surface area contributed by atoms with Crippen molar-refractivity contribution in [3.8, 4) is 0 Å². The second kappa shape index (κ2) is 5.90. The van der Waals surface area contributed by atoms with Gasteiger partial charge in [0.05, 0.1) is 0 Å². The maximum atomic E-state index is 8.33. The van der Waals surface area contributed by atoms with E-state index >= 15 is 0 Å². The first-order valence-corrected chi connectivity index (χ1v) is 4.71. The van der Waals surface area contributed by atoms with Gasteiger partial charge in [0.2, 0.25) is 0 Å². The second-order valence-corrected chi connectivity index (χ2v) is 3.43. The Labute approximate surface area is 74.8 Å². The molecule has 0 bridgehead atoms. The van der Waals surface area contributed by atoms with Crippen LogP contribution in [0.5, 0.6) is 0 Å². The van der Waals surface area contributed by atoms with E-state index in [2.05, 4.69) is 37.7 Å². The number of azide groups is 1. The van der Waals surface area contributed by atoms with E-state index in [0.717, 1.165) is 12.8 Å². The van der Waals surface area contributed by atoms with E-state index in [9.17, 15) is 0 Å². The third kappa shape index (κ3) is 3.14. The van der Waals surface area contributed by atoms with E-state index < -0.39 is 0 Å². The van der Waals surface area contributed by atoms with Crippen LogP contribution in [0, 0.1) is 11.8 Å². The van der Waals surface area contributed by atoms with Gasteiger partial charge in [0.1, 0.15) is 0 Å². The molecule has 0 N–H and O–H groups in total. The van der Waals surface area contributed by atoms with Crippen molar-refractivity contribution in [1.82, 2.24) is 0 Å². The fraction of sp³-hybridized carbons (Fsp3) is 1.00. The first-order valence-electron chi connectivity index (χ1n) is 4.71. The molecule has 3 nitrogen and oxygen atoms in total. The second-order valence-electron chi connectivity index (χ2n) is 3.43. The topological polar surface area (TPSA) is 48.8 Å². The van der Waals surface area contributed by atoms with Crippen LogP contribution in [0.3, 0.4) is 0 Å². The van der Waals surface area contributed by atoms with Gasteiger partial charge >= 0.3 is 0 Å². The molecule has 0 saturated heterocycles. The van der Waals surface area contributed by atoms with Crippen molar-refractivity contribution in [2.24, 2.45) is 17.0 Å². The van der Waals surface area contributed by atoms with Crippen LogP contribution in [0.2, 0.25) is 0 Å². The summed E-state index contributed by atoms with van der Waals surface area (Å²) in [6, 6.07) is 0.171. The zero-order valence-electron chi connectivity index (χ0n) is 8.49. The molecular formula is C9H19N3. The van der Waals surface area contributed by atoms with Gasteiger partial charge in [0.25, 0.3) is 0 Å². The average Bonchev–Trinajstić information content (AvgIpc) is 2.11. The van der Waals surface area contributed by atoms with Crippen molar-refractivity contribution in [3.63, 3.8) is 0 Å². The summed E-state index contributed by atoms with van der Waals surface area (Å²) in [6.07, 6.45) is 2.09. The van der Waals surface area contributed by atoms with Crippen LogP contribution in [-0.4, -0.2) is 6.04 Å². The summed E-state index contributed by atoms with van der Waals surface area (Å²) in [5, 5.41) is 3.79. The van der Waals surface area contributed by atoms with Crippen molar-refractivity contribution >= 4 is 0 Å². The van der Waals surface area contributed by atoms with Crippen molar-refractivity contribution in [2.75, 3.05) is 0 Å². The third-order valence-corrected chi connectivity index (χ3v) is 2.77. The lowest BCUT2D eigenvalue weighted by Gasteiger charge is -2.23. The van der Waals surface area contributed by atoms with E-state index in [-0.39, 0.29) is 6.04 Å². The van der Waals surface area contributed by atoms with Gasteiger partial charge in [-0.2, -0.15) is 0 Å². The summed E-state index contributed by atoms with van der Waals surface area (Å²) in [6.45, 7) is 8.61. The lowest BCUT2D eigenvalue weighted by atomic mass is 9.86. The molecule has 3 unspecified atom stereocenters. The van der Waals surface area contributed by atoms with Crippen LogP contribution in [0.25, 0.3) is 10.4 Å². The van der Waals surface area contributed by atoms with Crippen molar-refractivity contribution in [1.29, 1.82) is 0 Å². The third-order valence-electron chi connectivity index (χ3n) is 2.77. The molecule has 0 aliphatic heterocycles. The molecule has 3 atom stereocenters. The summed E-state index contributed by atoms with van der Waals surface area (Å²) in [5.41, 5.74) is 8.33. The molecule has 0 aromatic heterocycles. The summed E-state index contributed by atoms with van der Waals surface area (Å²) in [7, 11) is 0. The van der Waals surface area contributed by atoms with Crippen molar-refractivity contribution in [2.45, 2.75) is 46.6 Å². The minimum absolute atomic E-state index is 0.171. The van der Waals surface area contributed by atoms with Gasteiger partial charge in [0.15, 0.2) is 0 Å². The van der Waals surface area contributed by atoms with Crippen LogP contribution < -0.4 is 0 Å². The van der Waals surface area contributed by atoms with Crippen LogP contribution in [0.4, 0.5) is 0 Å². The Morgan fingerprint density at radius 1 is 1.25 bits per heavy atom. The molecule has 0 saturated carbocycles. The largest absolute Gasteiger partial charge is 0.0903 e. The highest BCUT2D eigenvalue weighted by Crippen LogP contribution is 2.22. The number of hydrogen-bond acceptors (Lipinski definition) is 1. The van der Waals surface area contributed by atoms with E-state index in [4.69, 9.17) is 5.53 Å². The van der Waals surface area contributed by atoms with Crippen molar-refractivity contribution in [3.05, 3.63) is 10.4 Å². The zero-order valence-corrected chi connectivity index (χ0v) is 8.49. The fourth-order valence-corrected chi connectivity index (χ4v) is 1.38. The molecule has 0 aliphatic rings.